The third-order valence-corrected chi connectivity index (χ3v) is 6.91. The molecule has 0 saturated heterocycles. The van der Waals surface area contributed by atoms with Crippen LogP contribution in [0.15, 0.2) is 76.2 Å². The molecule has 0 bridgehead atoms. The zero-order chi connectivity index (χ0) is 35.0. The minimum Gasteiger partial charge on any atom is -0.388 e. The van der Waals surface area contributed by atoms with E-state index in [9.17, 15) is 28.0 Å². The predicted octanol–water partition coefficient (Wildman–Crippen LogP) is 5.50. The van der Waals surface area contributed by atoms with E-state index in [1.54, 1.807) is 46.3 Å². The number of hydrogen-bond acceptors (Lipinski definition) is 9. The summed E-state index contributed by atoms with van der Waals surface area (Å²) in [5.41, 5.74) is 1.80. The fraction of sp³-hybridized carbons (Fsp3) is 0.212. The maximum atomic E-state index is 13.2. The predicted molar refractivity (Wildman–Crippen MR) is 178 cm³/mol. The lowest BCUT2D eigenvalue weighted by Crippen LogP contribution is -2.19. The molecule has 0 fully saturated rings. The van der Waals surface area contributed by atoms with Crippen LogP contribution in [-0.2, 0) is 14.1 Å². The van der Waals surface area contributed by atoms with E-state index in [-0.39, 0.29) is 33.8 Å². The van der Waals surface area contributed by atoms with Crippen LogP contribution in [-0.4, -0.2) is 51.2 Å². The molecule has 13 nitrogen and oxygen atoms in total. The lowest BCUT2D eigenvalue weighted by Gasteiger charge is -2.14. The van der Waals surface area contributed by atoms with E-state index in [2.05, 4.69) is 31.3 Å². The molecular weight excluding hydrogens is 626 g/mol. The van der Waals surface area contributed by atoms with Gasteiger partial charge in [-0.2, -0.15) is 9.84 Å². The van der Waals surface area contributed by atoms with Crippen LogP contribution in [0.1, 0.15) is 56.0 Å². The minimum atomic E-state index is -2.96. The number of hydrogen-bond donors (Lipinski definition) is 4. The Morgan fingerprint density at radius 3 is 2.29 bits per heavy atom. The zero-order valence-electron chi connectivity index (χ0n) is 26.8. The van der Waals surface area contributed by atoms with Gasteiger partial charge in [0.15, 0.2) is 17.8 Å². The van der Waals surface area contributed by atoms with Gasteiger partial charge >= 0.3 is 0 Å². The summed E-state index contributed by atoms with van der Waals surface area (Å²) in [5, 5.41) is 15.1. The molecule has 0 aliphatic carbocycles. The molecule has 0 spiro atoms. The van der Waals surface area contributed by atoms with Crippen LogP contribution in [0.5, 0.6) is 0 Å². The summed E-state index contributed by atoms with van der Waals surface area (Å²) >= 11 is 0. The van der Waals surface area contributed by atoms with Crippen molar-refractivity contribution in [2.24, 2.45) is 14.1 Å². The van der Waals surface area contributed by atoms with Crippen molar-refractivity contribution < 1.29 is 27.7 Å². The molecule has 3 aromatic heterocycles. The fourth-order valence-electron chi connectivity index (χ4n) is 4.65. The Kier molecular flexibility index (Phi) is 11.2. The number of aryl methyl sites for hydroxylation is 3. The van der Waals surface area contributed by atoms with Gasteiger partial charge in [-0.3, -0.25) is 23.9 Å². The summed E-state index contributed by atoms with van der Waals surface area (Å²) in [7, 11) is 5.18. The molecule has 0 unspecified atom stereocenters. The van der Waals surface area contributed by atoms with Gasteiger partial charge in [-0.1, -0.05) is 18.2 Å². The van der Waals surface area contributed by atoms with Crippen LogP contribution in [0.3, 0.4) is 0 Å². The van der Waals surface area contributed by atoms with Gasteiger partial charge < -0.3 is 25.8 Å². The summed E-state index contributed by atoms with van der Waals surface area (Å²) in [6, 6.07) is 16.3. The van der Waals surface area contributed by atoms with Crippen molar-refractivity contribution >= 4 is 41.0 Å². The van der Waals surface area contributed by atoms with Crippen LogP contribution >= 0.6 is 0 Å². The van der Waals surface area contributed by atoms with Gasteiger partial charge in [0.1, 0.15) is 11.5 Å². The molecule has 48 heavy (non-hydrogen) atoms. The Bertz CT molecular complexity index is 1980. The molecule has 2 amide bonds. The Labute approximate surface area is 273 Å². The number of aldehydes is 1. The monoisotopic (exact) mass is 660 g/mol. The Morgan fingerprint density at radius 2 is 1.73 bits per heavy atom. The van der Waals surface area contributed by atoms with Gasteiger partial charge in [-0.15, -0.1) is 0 Å². The fourth-order valence-corrected chi connectivity index (χ4v) is 4.65. The molecule has 0 aliphatic heterocycles. The van der Waals surface area contributed by atoms with Crippen LogP contribution in [0.2, 0.25) is 0 Å². The van der Waals surface area contributed by atoms with E-state index >= 15 is 0 Å². The van der Waals surface area contributed by atoms with E-state index in [0.717, 1.165) is 17.3 Å². The molecular formula is C33H34F2N8O5. The number of carbonyl (C=O) groups excluding carboxylic acids is 3. The smallest absolute Gasteiger partial charge is 0.290 e. The second kappa shape index (κ2) is 15.4. The highest BCUT2D eigenvalue weighted by molar-refractivity contribution is 6.10. The van der Waals surface area contributed by atoms with Crippen molar-refractivity contribution in [3.05, 3.63) is 105 Å². The van der Waals surface area contributed by atoms with Crippen LogP contribution in [0.4, 0.5) is 31.7 Å². The molecule has 3 heterocycles. The average molecular weight is 661 g/mol. The van der Waals surface area contributed by atoms with E-state index in [4.69, 9.17) is 4.52 Å². The number of benzene rings is 2. The van der Waals surface area contributed by atoms with E-state index < -0.39 is 23.9 Å². The number of anilines is 4. The van der Waals surface area contributed by atoms with E-state index in [1.807, 2.05) is 31.3 Å². The lowest BCUT2D eigenvalue weighted by atomic mass is 10.1. The highest BCUT2D eigenvalue weighted by Gasteiger charge is 2.22. The quantitative estimate of drug-likeness (QED) is 0.142. The molecule has 5 rings (SSSR count). The van der Waals surface area contributed by atoms with Crippen LogP contribution in [0, 0.1) is 6.92 Å². The SMILES string of the molecule is CCNc1c(C=O)cc(C(F)F)nc1C(=O)Nc1cccc(C(=O)Nc2ccn(C)n2)c1.CNc1ccc(-c2c(C)on(C)c2=O)cc1. The largest absolute Gasteiger partial charge is 0.388 e. The van der Waals surface area contributed by atoms with Crippen molar-refractivity contribution in [2.75, 3.05) is 34.9 Å². The summed E-state index contributed by atoms with van der Waals surface area (Å²) in [6.45, 7) is 3.85. The number of alkyl halides is 2. The van der Waals surface area contributed by atoms with Crippen LogP contribution < -0.4 is 26.8 Å². The second-order valence-electron chi connectivity index (χ2n) is 10.3. The molecule has 0 radical (unpaired) electrons. The number of nitrogens with zero attached hydrogens (tertiary/aromatic N) is 4. The van der Waals surface area contributed by atoms with Gasteiger partial charge in [0.25, 0.3) is 23.8 Å². The Hall–Kier alpha value is -6.12. The first-order valence-electron chi connectivity index (χ1n) is 14.6. The first-order chi connectivity index (χ1) is 22.9. The topological polar surface area (TPSA) is 165 Å². The summed E-state index contributed by atoms with van der Waals surface area (Å²) in [6.07, 6.45) is -0.915. The number of halogens is 2. The molecule has 2 aromatic carbocycles. The van der Waals surface area contributed by atoms with Gasteiger partial charge in [0, 0.05) is 62.5 Å². The first kappa shape index (κ1) is 34.7. The maximum Gasteiger partial charge on any atom is 0.290 e. The third-order valence-electron chi connectivity index (χ3n) is 6.91. The molecule has 0 atom stereocenters. The Morgan fingerprint density at radius 1 is 1.00 bits per heavy atom. The van der Waals surface area contributed by atoms with Gasteiger partial charge in [-0.25, -0.2) is 13.8 Å². The summed E-state index contributed by atoms with van der Waals surface area (Å²) in [4.78, 5) is 52.2. The summed E-state index contributed by atoms with van der Waals surface area (Å²) < 4.78 is 34.4. The molecule has 0 saturated carbocycles. The molecule has 5 aromatic rings. The molecule has 15 heteroatoms. The second-order valence-corrected chi connectivity index (χ2v) is 10.3. The minimum absolute atomic E-state index is 0.0495. The number of rotatable bonds is 10. The van der Waals surface area contributed by atoms with E-state index in [1.165, 1.54) is 27.6 Å². The standard InChI is InChI=1S/C21H20F2N6O3.C12H14N2O2/c1-3-24-17-13(11-30)10-15(19(22)23)26-18(17)21(32)25-14-6-4-5-12(9-14)20(31)27-16-7-8-29(2)28-16;1-8-11(12(15)14(3)16-8)9-4-6-10(13-2)7-5-9/h4-11,19,24H,3H2,1-2H3,(H,25,32)(H,27,28,31);4-7,13H,1-3H3. The normalized spacial score (nSPS) is 10.6. The molecule has 0 aliphatic rings. The van der Waals surface area contributed by atoms with Crippen LogP contribution in [0.25, 0.3) is 11.1 Å². The third kappa shape index (κ3) is 8.17. The van der Waals surface area contributed by atoms with Crippen molar-refractivity contribution in [2.45, 2.75) is 20.3 Å². The van der Waals surface area contributed by atoms with Crippen molar-refractivity contribution in [3.8, 4) is 11.1 Å². The molecule has 250 valence electrons. The highest BCUT2D eigenvalue weighted by atomic mass is 19.3. The zero-order valence-corrected chi connectivity index (χ0v) is 26.8. The van der Waals surface area contributed by atoms with Gasteiger partial charge in [0.2, 0.25) is 0 Å². The maximum absolute atomic E-state index is 13.2. The van der Waals surface area contributed by atoms with Crippen molar-refractivity contribution in [3.63, 3.8) is 0 Å². The van der Waals surface area contributed by atoms with Crippen molar-refractivity contribution in [1.82, 2.24) is 19.5 Å². The number of amides is 2. The first-order valence-corrected chi connectivity index (χ1v) is 14.6. The van der Waals surface area contributed by atoms with Gasteiger partial charge in [-0.05, 0) is 55.8 Å². The number of aromatic nitrogens is 4. The van der Waals surface area contributed by atoms with Crippen molar-refractivity contribution in [1.29, 1.82) is 0 Å². The van der Waals surface area contributed by atoms with E-state index in [0.29, 0.717) is 30.0 Å². The number of nitrogens with one attached hydrogen (secondary N) is 4. The molecule has 4 N–H and O–H groups in total. The average Bonchev–Trinajstić information content (AvgIpc) is 3.60. The van der Waals surface area contributed by atoms with Gasteiger partial charge in [0.05, 0.1) is 11.3 Å². The highest BCUT2D eigenvalue weighted by Crippen LogP contribution is 2.26. The number of carbonyl (C=O) groups is 3. The Balaban J connectivity index is 0.000000271. The summed E-state index contributed by atoms with van der Waals surface area (Å²) in [5.74, 6) is -0.260. The lowest BCUT2D eigenvalue weighted by molar-refractivity contribution is 0.101. The number of pyridine rings is 1.